The van der Waals surface area contributed by atoms with Crippen LogP contribution >= 0.6 is 11.6 Å². The van der Waals surface area contributed by atoms with Crippen molar-refractivity contribution in [2.75, 3.05) is 0 Å². The van der Waals surface area contributed by atoms with E-state index in [-0.39, 0.29) is 28.4 Å². The molecule has 2 aliphatic carbocycles. The van der Waals surface area contributed by atoms with E-state index in [9.17, 15) is 0 Å². The molecule has 0 N–H and O–H groups in total. The number of aromatic nitrogens is 2. The van der Waals surface area contributed by atoms with Crippen LogP contribution in [0.1, 0.15) is 103 Å². The van der Waals surface area contributed by atoms with E-state index in [1.54, 1.807) is 0 Å². The molecule has 2 nitrogen and oxygen atoms in total. The van der Waals surface area contributed by atoms with Crippen LogP contribution in [-0.4, -0.2) is 15.8 Å². The molecule has 0 saturated heterocycles. The quantitative estimate of drug-likeness (QED) is 0.140. The molecule has 4 heteroatoms. The monoisotopic (exact) mass is 694 g/mol. The molecule has 7 aromatic rings. The number of halogens is 1. The van der Waals surface area contributed by atoms with E-state index in [4.69, 9.17) is 11.6 Å². The van der Waals surface area contributed by atoms with Crippen molar-refractivity contribution in [1.29, 1.82) is 0 Å². The van der Waals surface area contributed by atoms with Gasteiger partial charge in [0.25, 0.3) is 6.71 Å². The molecule has 11 rings (SSSR count). The summed E-state index contributed by atoms with van der Waals surface area (Å²) >= 11 is 7.35. The maximum atomic E-state index is 7.35. The second kappa shape index (κ2) is 9.18. The fourth-order valence-corrected chi connectivity index (χ4v) is 11.1. The van der Waals surface area contributed by atoms with Crippen LogP contribution in [0.5, 0.6) is 0 Å². The van der Waals surface area contributed by atoms with Gasteiger partial charge in [-0.05, 0) is 84.9 Å². The van der Waals surface area contributed by atoms with E-state index >= 15 is 0 Å². The number of benzene rings is 5. The number of nitrogens with zero attached hydrogens (tertiary/aromatic N) is 2. The van der Waals surface area contributed by atoms with E-state index in [1.807, 2.05) is 0 Å². The lowest BCUT2D eigenvalue weighted by molar-refractivity contribution is 0.591. The van der Waals surface area contributed by atoms with Gasteiger partial charge < -0.3 is 9.13 Å². The van der Waals surface area contributed by atoms with E-state index in [0.717, 1.165) is 5.02 Å². The fraction of sp³-hybridized carbons (Fsp3) is 0.292. The number of fused-ring (bicyclic) bond motifs is 14. The predicted octanol–water partition coefficient (Wildman–Crippen LogP) is 10.6. The van der Waals surface area contributed by atoms with Gasteiger partial charge in [0, 0.05) is 60.2 Å². The molecule has 0 bridgehead atoms. The van der Waals surface area contributed by atoms with Crippen LogP contribution in [0.25, 0.3) is 55.7 Å². The Hall–Kier alpha value is -4.47. The minimum absolute atomic E-state index is 0.0231. The standard InChI is InChI=1S/C48H44BClN2/c1-45(2,3)25-19-30-38-43(28-15-11-13-17-32(28)47(38,7)8)51-36-23-27(50)24-37-40(36)49(34(21-25)41(30)51)35-22-26(46(4,5)6)20-31-39-44(52(37)42(31)35)29-16-12-14-18-33(29)48(39,9)10/h11-24H,1-10H3. The molecule has 0 fully saturated rings. The third-order valence-electron chi connectivity index (χ3n) is 13.4. The normalized spacial score (nSPS) is 16.6. The molecule has 0 saturated carbocycles. The van der Waals surface area contributed by atoms with Gasteiger partial charge >= 0.3 is 0 Å². The third-order valence-corrected chi connectivity index (χ3v) is 13.6. The molecule has 52 heavy (non-hydrogen) atoms. The topological polar surface area (TPSA) is 9.86 Å². The van der Waals surface area contributed by atoms with Crippen molar-refractivity contribution in [2.45, 2.75) is 90.9 Å². The first-order valence-electron chi connectivity index (χ1n) is 19.0. The summed E-state index contributed by atoms with van der Waals surface area (Å²) in [6.07, 6.45) is 0. The van der Waals surface area contributed by atoms with Crippen LogP contribution in [0.2, 0.25) is 5.02 Å². The average molecular weight is 695 g/mol. The Morgan fingerprint density at radius 1 is 0.558 bits per heavy atom. The molecule has 256 valence electrons. The molecule has 4 aliphatic rings. The van der Waals surface area contributed by atoms with Crippen molar-refractivity contribution in [2.24, 2.45) is 0 Å². The first-order chi connectivity index (χ1) is 24.5. The predicted molar refractivity (Wildman–Crippen MR) is 222 cm³/mol. The Bertz CT molecular complexity index is 2640. The van der Waals surface area contributed by atoms with Gasteiger partial charge in [-0.15, -0.1) is 0 Å². The number of hydrogen-bond acceptors (Lipinski definition) is 0. The van der Waals surface area contributed by atoms with E-state index in [1.165, 1.54) is 105 Å². The van der Waals surface area contributed by atoms with Crippen molar-refractivity contribution < 1.29 is 0 Å². The second-order valence-electron chi connectivity index (χ2n) is 19.2. The Balaban J connectivity index is 1.39. The number of hydrogen-bond donors (Lipinski definition) is 0. The molecule has 0 amide bonds. The summed E-state index contributed by atoms with van der Waals surface area (Å²) in [6.45, 7) is 24.0. The van der Waals surface area contributed by atoms with Gasteiger partial charge in [0.05, 0.1) is 11.4 Å². The van der Waals surface area contributed by atoms with Crippen molar-refractivity contribution in [3.63, 3.8) is 0 Å². The van der Waals surface area contributed by atoms with Crippen LogP contribution < -0.4 is 16.4 Å². The van der Waals surface area contributed by atoms with E-state index < -0.39 is 0 Å². The highest BCUT2D eigenvalue weighted by atomic mass is 35.5. The summed E-state index contributed by atoms with van der Waals surface area (Å²) in [5.41, 5.74) is 22.8. The average Bonchev–Trinajstić information content (AvgIpc) is 3.75. The van der Waals surface area contributed by atoms with Gasteiger partial charge in [0.15, 0.2) is 0 Å². The van der Waals surface area contributed by atoms with E-state index in [0.29, 0.717) is 0 Å². The minimum Gasteiger partial charge on any atom is -0.310 e. The highest BCUT2D eigenvalue weighted by molar-refractivity contribution is 7.00. The summed E-state index contributed by atoms with van der Waals surface area (Å²) in [6, 6.07) is 32.9. The first-order valence-corrected chi connectivity index (χ1v) is 19.4. The molecular weight excluding hydrogens is 651 g/mol. The van der Waals surface area contributed by atoms with Crippen LogP contribution in [0.4, 0.5) is 0 Å². The Morgan fingerprint density at radius 3 is 1.37 bits per heavy atom. The van der Waals surface area contributed by atoms with Gasteiger partial charge in [0.1, 0.15) is 0 Å². The summed E-state index contributed by atoms with van der Waals surface area (Å²) in [7, 11) is 0. The molecule has 2 aromatic heterocycles. The van der Waals surface area contributed by atoms with Gasteiger partial charge in [0.2, 0.25) is 0 Å². The smallest absolute Gasteiger partial charge is 0.252 e. The summed E-state index contributed by atoms with van der Waals surface area (Å²) in [4.78, 5) is 0. The van der Waals surface area contributed by atoms with E-state index in [2.05, 4.69) is 163 Å². The minimum atomic E-state index is -0.147. The first kappa shape index (κ1) is 31.1. The van der Waals surface area contributed by atoms with Crippen molar-refractivity contribution in [1.82, 2.24) is 9.13 Å². The van der Waals surface area contributed by atoms with Gasteiger partial charge in [-0.2, -0.15) is 0 Å². The Kier molecular flexibility index (Phi) is 5.49. The van der Waals surface area contributed by atoms with Gasteiger partial charge in [-0.25, -0.2) is 0 Å². The molecule has 0 atom stereocenters. The molecule has 2 aliphatic heterocycles. The maximum absolute atomic E-state index is 7.35. The zero-order chi connectivity index (χ0) is 36.2. The lowest BCUT2D eigenvalue weighted by atomic mass is 9.34. The SMILES string of the molecule is CC(C)(C)c1cc2c3c(c1)c1c(n3-c3cc(Cl)cc4c3B2c2cc(C(C)(C)C)cc3c5c(n-4c23)-c2ccccc2C5(C)C)-c2ccccc2C1(C)C. The molecule has 5 aromatic carbocycles. The summed E-state index contributed by atoms with van der Waals surface area (Å²) < 4.78 is 5.25. The molecule has 0 unspecified atom stereocenters. The Labute approximate surface area is 312 Å². The van der Waals surface area contributed by atoms with Crippen LogP contribution in [0, 0.1) is 0 Å². The molecule has 4 heterocycles. The fourth-order valence-electron chi connectivity index (χ4n) is 10.9. The van der Waals surface area contributed by atoms with Crippen LogP contribution in [-0.2, 0) is 21.7 Å². The highest BCUT2D eigenvalue weighted by Crippen LogP contribution is 2.57. The number of rotatable bonds is 0. The third kappa shape index (κ3) is 3.46. The zero-order valence-electron chi connectivity index (χ0n) is 31.9. The largest absolute Gasteiger partial charge is 0.310 e. The van der Waals surface area contributed by atoms with Crippen molar-refractivity contribution in [3.8, 4) is 33.9 Å². The Morgan fingerprint density at radius 2 is 0.962 bits per heavy atom. The summed E-state index contributed by atoms with van der Waals surface area (Å²) in [5.74, 6) is 0. The van der Waals surface area contributed by atoms with Crippen LogP contribution in [0.15, 0.2) is 84.9 Å². The van der Waals surface area contributed by atoms with Crippen LogP contribution in [0.3, 0.4) is 0 Å². The maximum Gasteiger partial charge on any atom is 0.252 e. The van der Waals surface area contributed by atoms with Crippen molar-refractivity contribution >= 4 is 56.5 Å². The second-order valence-corrected chi connectivity index (χ2v) is 19.6. The zero-order valence-corrected chi connectivity index (χ0v) is 32.7. The highest BCUT2D eigenvalue weighted by Gasteiger charge is 2.49. The summed E-state index contributed by atoms with van der Waals surface area (Å²) in [5, 5.41) is 3.54. The van der Waals surface area contributed by atoms with Gasteiger partial charge in [-0.3, -0.25) is 0 Å². The molecule has 0 spiro atoms. The lowest BCUT2D eigenvalue weighted by Gasteiger charge is -2.36. The molecule has 0 radical (unpaired) electrons. The lowest BCUT2D eigenvalue weighted by Crippen LogP contribution is -2.60. The molecular formula is C48H44BClN2. The van der Waals surface area contributed by atoms with Gasteiger partial charge in [-0.1, -0.05) is 142 Å². The van der Waals surface area contributed by atoms with Crippen molar-refractivity contribution in [3.05, 3.63) is 123 Å².